The molecule has 2 aromatic carbocycles. The van der Waals surface area contributed by atoms with Crippen LogP contribution in [0.5, 0.6) is 0 Å². The van der Waals surface area contributed by atoms with Crippen LogP contribution in [0.15, 0.2) is 42.5 Å². The highest BCUT2D eigenvalue weighted by molar-refractivity contribution is 6.30. The van der Waals surface area contributed by atoms with E-state index in [4.69, 9.17) is 17.3 Å². The largest absolute Gasteiger partial charge is 0.398 e. The van der Waals surface area contributed by atoms with Crippen molar-refractivity contribution in [2.75, 3.05) is 5.73 Å². The van der Waals surface area contributed by atoms with Crippen LogP contribution in [0.25, 0.3) is 0 Å². The van der Waals surface area contributed by atoms with Gasteiger partial charge in [0.15, 0.2) is 5.78 Å². The molecule has 0 aliphatic heterocycles. The summed E-state index contributed by atoms with van der Waals surface area (Å²) < 4.78 is 0. The van der Waals surface area contributed by atoms with E-state index < -0.39 is 0 Å². The first-order valence-corrected chi connectivity index (χ1v) is 5.63. The minimum absolute atomic E-state index is 0.0357. The number of halogens is 1. The van der Waals surface area contributed by atoms with Crippen LogP contribution in [-0.2, 0) is 0 Å². The molecule has 0 bridgehead atoms. The van der Waals surface area contributed by atoms with Crippen molar-refractivity contribution in [2.24, 2.45) is 0 Å². The molecule has 86 valence electrons. The first kappa shape index (κ1) is 11.7. The Balaban J connectivity index is 2.44. The summed E-state index contributed by atoms with van der Waals surface area (Å²) in [5.41, 5.74) is 8.47. The van der Waals surface area contributed by atoms with E-state index in [1.165, 1.54) is 0 Å². The summed E-state index contributed by atoms with van der Waals surface area (Å²) in [5, 5.41) is 0.617. The van der Waals surface area contributed by atoms with Crippen LogP contribution < -0.4 is 5.73 Å². The van der Waals surface area contributed by atoms with Crippen molar-refractivity contribution in [3.63, 3.8) is 0 Å². The van der Waals surface area contributed by atoms with Crippen LogP contribution in [0, 0.1) is 6.92 Å². The van der Waals surface area contributed by atoms with Crippen molar-refractivity contribution in [3.05, 3.63) is 64.2 Å². The third kappa shape index (κ3) is 2.32. The Hall–Kier alpha value is -1.80. The fourth-order valence-corrected chi connectivity index (χ4v) is 1.78. The number of rotatable bonds is 2. The Morgan fingerprint density at radius 1 is 1.12 bits per heavy atom. The molecule has 2 N–H and O–H groups in total. The van der Waals surface area contributed by atoms with Crippen LogP contribution in [0.1, 0.15) is 21.5 Å². The third-order valence-electron chi connectivity index (χ3n) is 2.73. The van der Waals surface area contributed by atoms with E-state index in [9.17, 15) is 4.79 Å². The van der Waals surface area contributed by atoms with Gasteiger partial charge in [-0.1, -0.05) is 23.7 Å². The second-order valence-electron chi connectivity index (χ2n) is 3.86. The van der Waals surface area contributed by atoms with Gasteiger partial charge in [-0.3, -0.25) is 4.79 Å². The zero-order valence-electron chi connectivity index (χ0n) is 9.41. The summed E-state index contributed by atoms with van der Waals surface area (Å²) in [6.45, 7) is 1.85. The highest BCUT2D eigenvalue weighted by atomic mass is 35.5. The van der Waals surface area contributed by atoms with Crippen LogP contribution >= 0.6 is 11.6 Å². The molecule has 0 saturated carbocycles. The van der Waals surface area contributed by atoms with E-state index >= 15 is 0 Å². The molecule has 2 rings (SSSR count). The zero-order valence-corrected chi connectivity index (χ0v) is 10.2. The molecule has 0 radical (unpaired) electrons. The number of hydrogen-bond donors (Lipinski definition) is 1. The molecule has 0 aliphatic rings. The summed E-state index contributed by atoms with van der Waals surface area (Å²) in [4.78, 5) is 12.2. The van der Waals surface area contributed by atoms with E-state index in [0.717, 1.165) is 5.56 Å². The predicted octanol–water partition coefficient (Wildman–Crippen LogP) is 3.46. The van der Waals surface area contributed by atoms with Crippen molar-refractivity contribution in [3.8, 4) is 0 Å². The predicted molar refractivity (Wildman–Crippen MR) is 70.5 cm³/mol. The van der Waals surface area contributed by atoms with Crippen molar-refractivity contribution in [1.29, 1.82) is 0 Å². The average Bonchev–Trinajstić information content (AvgIpc) is 2.33. The van der Waals surface area contributed by atoms with Gasteiger partial charge in [-0.2, -0.15) is 0 Å². The van der Waals surface area contributed by atoms with E-state index in [-0.39, 0.29) is 5.78 Å². The maximum absolute atomic E-state index is 12.2. The van der Waals surface area contributed by atoms with Crippen LogP contribution in [0.3, 0.4) is 0 Å². The van der Waals surface area contributed by atoms with Crippen molar-refractivity contribution in [2.45, 2.75) is 6.92 Å². The number of carbonyl (C=O) groups is 1. The Kier molecular flexibility index (Phi) is 3.16. The van der Waals surface area contributed by atoms with E-state index in [2.05, 4.69) is 0 Å². The molecule has 0 fully saturated rings. The molecule has 0 spiro atoms. The highest BCUT2D eigenvalue weighted by Crippen LogP contribution is 2.20. The van der Waals surface area contributed by atoms with Gasteiger partial charge in [0, 0.05) is 21.8 Å². The molecule has 0 heterocycles. The van der Waals surface area contributed by atoms with Crippen LogP contribution in [-0.4, -0.2) is 5.78 Å². The number of nitrogen functional groups attached to an aromatic ring is 1. The lowest BCUT2D eigenvalue weighted by molar-refractivity contribution is 0.103. The third-order valence-corrected chi connectivity index (χ3v) is 2.98. The number of hydrogen-bond acceptors (Lipinski definition) is 2. The molecule has 3 heteroatoms. The number of carbonyl (C=O) groups excluding carboxylic acids is 1. The SMILES string of the molecule is Cc1c(N)cccc1C(=O)c1ccc(Cl)cc1. The normalized spacial score (nSPS) is 10.2. The fourth-order valence-electron chi connectivity index (χ4n) is 1.66. The molecule has 0 aromatic heterocycles. The van der Waals surface area contributed by atoms with Gasteiger partial charge in [-0.15, -0.1) is 0 Å². The van der Waals surface area contributed by atoms with Crippen LogP contribution in [0.4, 0.5) is 5.69 Å². The number of anilines is 1. The molecule has 0 unspecified atom stereocenters. The Morgan fingerprint density at radius 2 is 1.76 bits per heavy atom. The van der Waals surface area contributed by atoms with Gasteiger partial charge in [-0.05, 0) is 42.8 Å². The summed E-state index contributed by atoms with van der Waals surface area (Å²) in [6, 6.07) is 12.2. The monoisotopic (exact) mass is 245 g/mol. The summed E-state index contributed by atoms with van der Waals surface area (Å²) in [6.07, 6.45) is 0. The smallest absolute Gasteiger partial charge is 0.193 e. The second-order valence-corrected chi connectivity index (χ2v) is 4.29. The van der Waals surface area contributed by atoms with Crippen molar-refractivity contribution in [1.82, 2.24) is 0 Å². The molecule has 0 amide bonds. The van der Waals surface area contributed by atoms with Gasteiger partial charge in [0.25, 0.3) is 0 Å². The number of benzene rings is 2. The summed E-state index contributed by atoms with van der Waals surface area (Å²) in [5.74, 6) is -0.0357. The Labute approximate surface area is 105 Å². The second kappa shape index (κ2) is 4.60. The minimum Gasteiger partial charge on any atom is -0.398 e. The zero-order chi connectivity index (χ0) is 12.4. The highest BCUT2D eigenvalue weighted by Gasteiger charge is 2.12. The lowest BCUT2D eigenvalue weighted by atomic mass is 9.98. The summed E-state index contributed by atoms with van der Waals surface area (Å²) in [7, 11) is 0. The molecule has 2 aromatic rings. The topological polar surface area (TPSA) is 43.1 Å². The minimum atomic E-state index is -0.0357. The van der Waals surface area contributed by atoms with Gasteiger partial charge >= 0.3 is 0 Å². The molecule has 2 nitrogen and oxygen atoms in total. The van der Waals surface area contributed by atoms with Crippen LogP contribution in [0.2, 0.25) is 5.02 Å². The first-order valence-electron chi connectivity index (χ1n) is 5.25. The van der Waals surface area contributed by atoms with E-state index in [1.807, 2.05) is 6.92 Å². The molecular weight excluding hydrogens is 234 g/mol. The molecule has 0 aliphatic carbocycles. The Morgan fingerprint density at radius 3 is 2.41 bits per heavy atom. The van der Waals surface area contributed by atoms with Gasteiger partial charge in [0.2, 0.25) is 0 Å². The lowest BCUT2D eigenvalue weighted by Crippen LogP contribution is -2.05. The van der Waals surface area contributed by atoms with Crippen molar-refractivity contribution < 1.29 is 4.79 Å². The number of nitrogens with two attached hydrogens (primary N) is 1. The lowest BCUT2D eigenvalue weighted by Gasteiger charge is -2.07. The molecule has 0 saturated heterocycles. The summed E-state index contributed by atoms with van der Waals surface area (Å²) >= 11 is 5.79. The van der Waals surface area contributed by atoms with Gasteiger partial charge in [-0.25, -0.2) is 0 Å². The van der Waals surface area contributed by atoms with Gasteiger partial charge in [0.05, 0.1) is 0 Å². The Bertz CT molecular complexity index is 561. The van der Waals surface area contributed by atoms with E-state index in [1.54, 1.807) is 42.5 Å². The standard InChI is InChI=1S/C14H12ClNO/c1-9-12(3-2-4-13(9)16)14(17)10-5-7-11(15)8-6-10/h2-8H,16H2,1H3. The molecular formula is C14H12ClNO. The molecule has 0 atom stereocenters. The average molecular weight is 246 g/mol. The fraction of sp³-hybridized carbons (Fsp3) is 0.0714. The maximum atomic E-state index is 12.2. The maximum Gasteiger partial charge on any atom is 0.193 e. The molecule has 17 heavy (non-hydrogen) atoms. The van der Waals surface area contributed by atoms with Gasteiger partial charge < -0.3 is 5.73 Å². The van der Waals surface area contributed by atoms with Gasteiger partial charge in [0.1, 0.15) is 0 Å². The quantitative estimate of drug-likeness (QED) is 0.650. The first-order chi connectivity index (χ1) is 8.09. The van der Waals surface area contributed by atoms with Crippen molar-refractivity contribution >= 4 is 23.1 Å². The number of ketones is 1. The van der Waals surface area contributed by atoms with E-state index in [0.29, 0.717) is 21.8 Å².